The maximum Gasteiger partial charge on any atom is 0.292 e. The number of carbonyl (C=O) groups is 1. The molecule has 1 fully saturated rings. The summed E-state index contributed by atoms with van der Waals surface area (Å²) in [6.07, 6.45) is 6.44. The molecule has 1 aliphatic carbocycles. The molecule has 32 heavy (non-hydrogen) atoms. The molecule has 4 rings (SSSR count). The molecule has 8 nitrogen and oxygen atoms in total. The first kappa shape index (κ1) is 22.0. The van der Waals surface area contributed by atoms with E-state index in [0.717, 1.165) is 23.8 Å². The molecule has 3 aromatic rings. The Morgan fingerprint density at radius 2 is 1.78 bits per heavy atom. The molecule has 1 amide bonds. The molecule has 0 saturated heterocycles. The zero-order valence-electron chi connectivity index (χ0n) is 17.6. The number of aromatic nitrogens is 3. The van der Waals surface area contributed by atoms with Crippen LogP contribution in [0.1, 0.15) is 49.5 Å². The highest BCUT2D eigenvalue weighted by atomic mass is 32.2. The van der Waals surface area contributed by atoms with Gasteiger partial charge in [0, 0.05) is 18.5 Å². The number of rotatable bonds is 8. The number of nitro groups is 1. The van der Waals surface area contributed by atoms with Gasteiger partial charge < -0.3 is 9.88 Å². The molecule has 9 heteroatoms. The maximum absolute atomic E-state index is 12.5. The molecular formula is C23H25N5O3S. The first-order chi connectivity index (χ1) is 15.6. The number of hydrogen-bond donors (Lipinski definition) is 1. The largest absolute Gasteiger partial charge is 0.320 e. The Bertz CT molecular complexity index is 1080. The zero-order chi connectivity index (χ0) is 22.3. The number of para-hydroxylation sites is 2. The van der Waals surface area contributed by atoms with Gasteiger partial charge >= 0.3 is 0 Å². The Hall–Kier alpha value is -3.20. The summed E-state index contributed by atoms with van der Waals surface area (Å²) in [6.45, 7) is 0. The molecule has 0 radical (unpaired) electrons. The fraction of sp³-hybridized carbons (Fsp3) is 0.348. The van der Waals surface area contributed by atoms with Crippen molar-refractivity contribution in [3.63, 3.8) is 0 Å². The lowest BCUT2D eigenvalue weighted by Crippen LogP contribution is -2.18. The monoisotopic (exact) mass is 451 g/mol. The van der Waals surface area contributed by atoms with Crippen LogP contribution in [0.5, 0.6) is 0 Å². The highest BCUT2D eigenvalue weighted by Gasteiger charge is 2.24. The number of hydrogen-bond acceptors (Lipinski definition) is 6. The van der Waals surface area contributed by atoms with Gasteiger partial charge in [0.2, 0.25) is 5.91 Å². The molecular weight excluding hydrogens is 426 g/mol. The van der Waals surface area contributed by atoms with E-state index in [1.807, 2.05) is 18.2 Å². The van der Waals surface area contributed by atoms with Crippen LogP contribution in [0.2, 0.25) is 0 Å². The van der Waals surface area contributed by atoms with Crippen LogP contribution in [0.25, 0.3) is 0 Å². The second-order valence-corrected chi connectivity index (χ2v) is 8.78. The SMILES string of the molecule is O=C(CSc1nnc(Cc2ccccc2)n1C1CCCCC1)Nc1ccccc1[N+](=O)[O-]. The third kappa shape index (κ3) is 5.34. The molecule has 1 N–H and O–H groups in total. The fourth-order valence-electron chi connectivity index (χ4n) is 4.07. The van der Waals surface area contributed by atoms with Gasteiger partial charge in [0.25, 0.3) is 5.69 Å². The predicted molar refractivity (Wildman–Crippen MR) is 124 cm³/mol. The van der Waals surface area contributed by atoms with Crippen molar-refractivity contribution >= 4 is 29.0 Å². The quantitative estimate of drug-likeness (QED) is 0.293. The van der Waals surface area contributed by atoms with E-state index in [4.69, 9.17) is 0 Å². The number of nitrogens with one attached hydrogen (secondary N) is 1. The van der Waals surface area contributed by atoms with Crippen LogP contribution < -0.4 is 5.32 Å². The summed E-state index contributed by atoms with van der Waals surface area (Å²) >= 11 is 1.32. The number of nitro benzene ring substituents is 1. The summed E-state index contributed by atoms with van der Waals surface area (Å²) in [5, 5.41) is 23.4. The van der Waals surface area contributed by atoms with E-state index in [9.17, 15) is 14.9 Å². The Morgan fingerprint density at radius 1 is 1.06 bits per heavy atom. The van der Waals surface area contributed by atoms with E-state index in [1.54, 1.807) is 12.1 Å². The number of anilines is 1. The molecule has 1 aromatic heterocycles. The van der Waals surface area contributed by atoms with Gasteiger partial charge in [-0.05, 0) is 24.5 Å². The molecule has 0 spiro atoms. The van der Waals surface area contributed by atoms with Crippen molar-refractivity contribution in [1.82, 2.24) is 14.8 Å². The smallest absolute Gasteiger partial charge is 0.292 e. The molecule has 1 saturated carbocycles. The first-order valence-electron chi connectivity index (χ1n) is 10.8. The number of amides is 1. The number of nitrogens with zero attached hydrogens (tertiary/aromatic N) is 4. The molecule has 1 aliphatic rings. The molecule has 166 valence electrons. The van der Waals surface area contributed by atoms with Crippen LogP contribution in [0.15, 0.2) is 59.8 Å². The van der Waals surface area contributed by atoms with Gasteiger partial charge in [-0.25, -0.2) is 0 Å². The van der Waals surface area contributed by atoms with Crippen LogP contribution in [-0.2, 0) is 11.2 Å². The normalized spacial score (nSPS) is 14.2. The lowest BCUT2D eigenvalue weighted by molar-refractivity contribution is -0.383. The van der Waals surface area contributed by atoms with Crippen LogP contribution in [0.4, 0.5) is 11.4 Å². The molecule has 0 atom stereocenters. The van der Waals surface area contributed by atoms with Crippen LogP contribution in [0, 0.1) is 10.1 Å². The first-order valence-corrected chi connectivity index (χ1v) is 11.7. The van der Waals surface area contributed by atoms with Gasteiger partial charge in [0.1, 0.15) is 11.5 Å². The Balaban J connectivity index is 1.49. The van der Waals surface area contributed by atoms with Gasteiger partial charge in [0.05, 0.1) is 10.7 Å². The molecule has 1 heterocycles. The number of carbonyl (C=O) groups excluding carboxylic acids is 1. The van der Waals surface area contributed by atoms with E-state index in [-0.39, 0.29) is 23.0 Å². The summed E-state index contributed by atoms with van der Waals surface area (Å²) in [5.74, 6) is 0.694. The minimum atomic E-state index is -0.502. The topological polar surface area (TPSA) is 103 Å². The lowest BCUT2D eigenvalue weighted by atomic mass is 9.95. The van der Waals surface area contributed by atoms with Gasteiger partial charge in [0.15, 0.2) is 5.16 Å². The van der Waals surface area contributed by atoms with E-state index >= 15 is 0 Å². The van der Waals surface area contributed by atoms with E-state index in [0.29, 0.717) is 12.5 Å². The van der Waals surface area contributed by atoms with Crippen LogP contribution in [0.3, 0.4) is 0 Å². The third-order valence-electron chi connectivity index (χ3n) is 5.59. The fourth-order valence-corrected chi connectivity index (χ4v) is 4.89. The molecule has 0 unspecified atom stereocenters. The number of benzene rings is 2. The number of thioether (sulfide) groups is 1. The van der Waals surface area contributed by atoms with Crippen molar-refractivity contribution in [2.75, 3.05) is 11.1 Å². The Morgan fingerprint density at radius 3 is 2.53 bits per heavy atom. The molecule has 0 aliphatic heterocycles. The average molecular weight is 452 g/mol. The van der Waals surface area contributed by atoms with Crippen molar-refractivity contribution in [2.24, 2.45) is 0 Å². The highest BCUT2D eigenvalue weighted by Crippen LogP contribution is 2.33. The van der Waals surface area contributed by atoms with Crippen LogP contribution in [-0.4, -0.2) is 31.3 Å². The third-order valence-corrected chi connectivity index (χ3v) is 6.53. The summed E-state index contributed by atoms with van der Waals surface area (Å²) in [7, 11) is 0. The second kappa shape index (κ2) is 10.4. The second-order valence-electron chi connectivity index (χ2n) is 7.83. The van der Waals surface area contributed by atoms with Crippen molar-refractivity contribution < 1.29 is 9.72 Å². The van der Waals surface area contributed by atoms with Gasteiger partial charge in [-0.2, -0.15) is 0 Å². The highest BCUT2D eigenvalue weighted by molar-refractivity contribution is 7.99. The van der Waals surface area contributed by atoms with Crippen LogP contribution >= 0.6 is 11.8 Å². The van der Waals surface area contributed by atoms with Gasteiger partial charge in [-0.15, -0.1) is 10.2 Å². The predicted octanol–water partition coefficient (Wildman–Crippen LogP) is 5.01. The summed E-state index contributed by atoms with van der Waals surface area (Å²) in [5.41, 5.74) is 1.24. The molecule has 2 aromatic carbocycles. The Kier molecular flexibility index (Phi) is 7.16. The van der Waals surface area contributed by atoms with E-state index < -0.39 is 4.92 Å². The van der Waals surface area contributed by atoms with Crippen molar-refractivity contribution in [1.29, 1.82) is 0 Å². The van der Waals surface area contributed by atoms with Crippen molar-refractivity contribution in [3.05, 3.63) is 76.1 Å². The van der Waals surface area contributed by atoms with Crippen molar-refractivity contribution in [3.8, 4) is 0 Å². The summed E-state index contributed by atoms with van der Waals surface area (Å²) in [4.78, 5) is 23.2. The maximum atomic E-state index is 12.5. The lowest BCUT2D eigenvalue weighted by Gasteiger charge is -2.25. The zero-order valence-corrected chi connectivity index (χ0v) is 18.5. The Labute approximate surface area is 190 Å². The van der Waals surface area contributed by atoms with Gasteiger partial charge in [-0.1, -0.05) is 73.5 Å². The summed E-state index contributed by atoms with van der Waals surface area (Å²) < 4.78 is 2.20. The van der Waals surface area contributed by atoms with E-state index in [2.05, 4.69) is 32.2 Å². The van der Waals surface area contributed by atoms with Crippen molar-refractivity contribution in [2.45, 2.75) is 49.7 Å². The van der Waals surface area contributed by atoms with Gasteiger partial charge in [-0.3, -0.25) is 14.9 Å². The summed E-state index contributed by atoms with van der Waals surface area (Å²) in [6, 6.07) is 16.6. The molecule has 0 bridgehead atoms. The minimum absolute atomic E-state index is 0.0994. The van der Waals surface area contributed by atoms with E-state index in [1.165, 1.54) is 48.7 Å². The average Bonchev–Trinajstić information content (AvgIpc) is 3.21. The minimum Gasteiger partial charge on any atom is -0.320 e. The standard InChI is InChI=1S/C23H25N5O3S/c29-22(24-19-13-7-8-14-20(19)28(30)31)16-32-23-26-25-21(15-17-9-3-1-4-10-17)27(23)18-11-5-2-6-12-18/h1,3-4,7-10,13-14,18H,2,5-6,11-12,15-16H2,(H,24,29).